The Labute approximate surface area is 178 Å². The maximum atomic E-state index is 10.6. The fourth-order valence-corrected chi connectivity index (χ4v) is 3.04. The van der Waals surface area contributed by atoms with Crippen molar-refractivity contribution in [2.24, 2.45) is 10.9 Å². The van der Waals surface area contributed by atoms with E-state index in [1.165, 1.54) is 37.4 Å². The van der Waals surface area contributed by atoms with Gasteiger partial charge in [0.25, 0.3) is 0 Å². The largest absolute Gasteiger partial charge is 0.409 e. The number of aromatic nitrogens is 4. The van der Waals surface area contributed by atoms with Gasteiger partial charge in [0.1, 0.15) is 6.07 Å². The highest BCUT2D eigenvalue weighted by molar-refractivity contribution is 7.99. The summed E-state index contributed by atoms with van der Waals surface area (Å²) in [4.78, 5) is 21.1. The second-order valence-corrected chi connectivity index (χ2v) is 7.26. The number of nitrogens with one attached hydrogen (secondary N) is 2. The smallest absolute Gasteiger partial charge is 0.218 e. The first-order valence-corrected chi connectivity index (χ1v) is 10.1. The van der Waals surface area contributed by atoms with Crippen LogP contribution in [0.25, 0.3) is 0 Å². The number of hydrogen-bond donors (Lipinski definition) is 4. The van der Waals surface area contributed by atoms with E-state index in [1.54, 1.807) is 0 Å². The van der Waals surface area contributed by atoms with Gasteiger partial charge in [-0.25, -0.2) is 9.26 Å². The number of hydrogen-bond acceptors (Lipinski definition) is 13. The minimum absolute atomic E-state index is 0.0793. The average Bonchev–Trinajstić information content (AvgIpc) is 3.37. The molecule has 0 atom stereocenters. The molecule has 30 heavy (non-hydrogen) atoms. The molecule has 0 saturated heterocycles. The van der Waals surface area contributed by atoms with Crippen molar-refractivity contribution in [3.63, 3.8) is 0 Å². The first kappa shape index (κ1) is 24.7. The van der Waals surface area contributed by atoms with Crippen LogP contribution in [-0.4, -0.2) is 68.1 Å². The van der Waals surface area contributed by atoms with Gasteiger partial charge in [-0.2, -0.15) is 5.26 Å². The average molecular weight is 457 g/mol. The summed E-state index contributed by atoms with van der Waals surface area (Å²) >= 11 is 2.60. The number of amides is 2. The SMILES string of the molecule is CC(=O)NCCSc1nonc1/C(N)=N\O.CC(=O)NCCSc1nonc1C#N. The van der Waals surface area contributed by atoms with E-state index < -0.39 is 0 Å². The molecule has 0 fully saturated rings. The van der Waals surface area contributed by atoms with Crippen LogP contribution >= 0.6 is 23.5 Å². The Morgan fingerprint density at radius 1 is 1.07 bits per heavy atom. The van der Waals surface area contributed by atoms with Crippen molar-refractivity contribution in [3.8, 4) is 6.07 Å². The lowest BCUT2D eigenvalue weighted by molar-refractivity contribution is -0.119. The number of carbonyl (C=O) groups excluding carboxylic acids is 2. The molecule has 0 saturated carbocycles. The van der Waals surface area contributed by atoms with Crippen molar-refractivity contribution >= 4 is 41.2 Å². The van der Waals surface area contributed by atoms with Crippen LogP contribution in [0.5, 0.6) is 0 Å². The van der Waals surface area contributed by atoms with E-state index in [4.69, 9.17) is 16.2 Å². The fourth-order valence-electron chi connectivity index (χ4n) is 1.57. The van der Waals surface area contributed by atoms with Crippen LogP contribution in [-0.2, 0) is 9.59 Å². The monoisotopic (exact) mass is 457 g/mol. The topological polar surface area (TPSA) is 218 Å². The Bertz CT molecular complexity index is 892. The first-order chi connectivity index (χ1) is 14.4. The quantitative estimate of drug-likeness (QED) is 0.0938. The zero-order chi connectivity index (χ0) is 22.4. The normalized spacial score (nSPS) is 10.5. The summed E-state index contributed by atoms with van der Waals surface area (Å²) in [7, 11) is 0. The first-order valence-electron chi connectivity index (χ1n) is 8.16. The third-order valence-corrected chi connectivity index (χ3v) is 4.70. The molecule has 0 radical (unpaired) electrons. The molecule has 2 amide bonds. The molecule has 5 N–H and O–H groups in total. The molecule has 0 unspecified atom stereocenters. The molecule has 14 nitrogen and oxygen atoms in total. The van der Waals surface area contributed by atoms with E-state index in [9.17, 15) is 9.59 Å². The Hall–Kier alpha value is -3.32. The number of thioether (sulfide) groups is 2. The predicted molar refractivity (Wildman–Crippen MR) is 105 cm³/mol. The lowest BCUT2D eigenvalue weighted by atomic mass is 10.4. The summed E-state index contributed by atoms with van der Waals surface area (Å²) in [5, 5.41) is 40.0. The Morgan fingerprint density at radius 3 is 2.13 bits per heavy atom. The van der Waals surface area contributed by atoms with Gasteiger partial charge in [-0.05, 0) is 20.6 Å². The van der Waals surface area contributed by atoms with Gasteiger partial charge in [-0.1, -0.05) is 28.7 Å². The van der Waals surface area contributed by atoms with Crippen LogP contribution in [0.15, 0.2) is 24.5 Å². The van der Waals surface area contributed by atoms with Crippen molar-refractivity contribution in [2.75, 3.05) is 24.6 Å². The second-order valence-electron chi connectivity index (χ2n) is 5.10. The number of rotatable bonds is 9. The van der Waals surface area contributed by atoms with E-state index in [0.29, 0.717) is 34.6 Å². The number of carbonyl (C=O) groups is 2. The standard InChI is InChI=1S/C7H11N5O3S.C7H8N4O2S/c1-4(13)9-2-3-16-7-5(6(8)10-14)11-15-12-7;1-5(12)9-2-3-14-7-6(4-8)10-13-11-7/h14H,2-3H2,1H3,(H2,8,10)(H,9,13);2-3H2,1H3,(H,9,12). The summed E-state index contributed by atoms with van der Waals surface area (Å²) in [6.45, 7) is 3.90. The number of nitrogens with two attached hydrogens (primary N) is 1. The Morgan fingerprint density at radius 2 is 1.60 bits per heavy atom. The van der Waals surface area contributed by atoms with Gasteiger partial charge in [0, 0.05) is 38.4 Å². The van der Waals surface area contributed by atoms with E-state index in [0.717, 1.165) is 0 Å². The summed E-state index contributed by atoms with van der Waals surface area (Å²) in [5.41, 5.74) is 5.72. The highest BCUT2D eigenvalue weighted by Gasteiger charge is 2.14. The van der Waals surface area contributed by atoms with Gasteiger partial charge in [0.2, 0.25) is 17.5 Å². The molecule has 162 valence electrons. The van der Waals surface area contributed by atoms with Gasteiger partial charge in [-0.3, -0.25) is 9.59 Å². The number of oxime groups is 1. The molecular formula is C14H19N9O5S2. The maximum absolute atomic E-state index is 10.6. The summed E-state index contributed by atoms with van der Waals surface area (Å²) in [6, 6.07) is 1.85. The molecule has 0 aliphatic heterocycles. The zero-order valence-electron chi connectivity index (χ0n) is 16.0. The van der Waals surface area contributed by atoms with Crippen molar-refractivity contribution in [1.82, 2.24) is 31.3 Å². The highest BCUT2D eigenvalue weighted by atomic mass is 32.2. The minimum Gasteiger partial charge on any atom is -0.409 e. The second kappa shape index (κ2) is 13.8. The van der Waals surface area contributed by atoms with Crippen LogP contribution in [0.2, 0.25) is 0 Å². The van der Waals surface area contributed by atoms with E-state index in [1.807, 2.05) is 6.07 Å². The predicted octanol–water partition coefficient (Wildman–Crippen LogP) is -0.438. The Balaban J connectivity index is 0.000000303. The van der Waals surface area contributed by atoms with Crippen molar-refractivity contribution in [3.05, 3.63) is 11.4 Å². The van der Waals surface area contributed by atoms with Crippen LogP contribution < -0.4 is 16.4 Å². The van der Waals surface area contributed by atoms with Gasteiger partial charge >= 0.3 is 0 Å². The molecule has 0 aliphatic rings. The zero-order valence-corrected chi connectivity index (χ0v) is 17.6. The Kier molecular flexibility index (Phi) is 11.4. The lowest BCUT2D eigenvalue weighted by Crippen LogP contribution is -2.22. The maximum Gasteiger partial charge on any atom is 0.218 e. The van der Waals surface area contributed by atoms with Crippen LogP contribution in [0.4, 0.5) is 0 Å². The summed E-state index contributed by atoms with van der Waals surface area (Å²) in [5.74, 6) is 0.866. The van der Waals surface area contributed by atoms with E-state index in [-0.39, 0.29) is 29.0 Å². The molecular weight excluding hydrogens is 438 g/mol. The van der Waals surface area contributed by atoms with Crippen LogP contribution in [0.3, 0.4) is 0 Å². The third-order valence-electron chi connectivity index (χ3n) is 2.80. The molecule has 2 aromatic rings. The van der Waals surface area contributed by atoms with Crippen molar-refractivity contribution in [2.45, 2.75) is 23.9 Å². The van der Waals surface area contributed by atoms with E-state index >= 15 is 0 Å². The molecule has 2 aromatic heterocycles. The van der Waals surface area contributed by atoms with Gasteiger partial charge < -0.3 is 21.6 Å². The lowest BCUT2D eigenvalue weighted by Gasteiger charge is -2.00. The third kappa shape index (κ3) is 9.25. The van der Waals surface area contributed by atoms with Gasteiger partial charge in [-0.15, -0.1) is 0 Å². The molecule has 0 aromatic carbocycles. The summed E-state index contributed by atoms with van der Waals surface area (Å²) in [6.07, 6.45) is 0. The van der Waals surface area contributed by atoms with Gasteiger partial charge in [0.05, 0.1) is 0 Å². The highest BCUT2D eigenvalue weighted by Crippen LogP contribution is 2.18. The molecule has 2 rings (SSSR count). The molecule has 0 bridgehead atoms. The van der Waals surface area contributed by atoms with Crippen LogP contribution in [0.1, 0.15) is 25.2 Å². The number of amidine groups is 1. The summed E-state index contributed by atoms with van der Waals surface area (Å²) < 4.78 is 8.85. The minimum atomic E-state index is -0.164. The molecule has 16 heteroatoms. The molecule has 0 spiro atoms. The molecule has 0 aliphatic carbocycles. The van der Waals surface area contributed by atoms with Gasteiger partial charge in [0.15, 0.2) is 21.6 Å². The fraction of sp³-hybridized carbons (Fsp3) is 0.429. The van der Waals surface area contributed by atoms with Crippen molar-refractivity contribution < 1.29 is 24.1 Å². The van der Waals surface area contributed by atoms with E-state index in [2.05, 4.69) is 45.7 Å². The number of nitriles is 1. The molecule has 2 heterocycles. The van der Waals surface area contributed by atoms with Crippen molar-refractivity contribution in [1.29, 1.82) is 5.26 Å². The van der Waals surface area contributed by atoms with Crippen LogP contribution in [0, 0.1) is 11.3 Å². The number of nitrogens with zero attached hydrogens (tertiary/aromatic N) is 6.